The largest absolute Gasteiger partial charge is 0.463 e. The summed E-state index contributed by atoms with van der Waals surface area (Å²) in [4.78, 5) is 80.8. The third kappa shape index (κ3) is 9.71. The zero-order valence-corrected chi connectivity index (χ0v) is 28.6. The number of rotatable bonds is 13. The number of nitrogens with zero attached hydrogens (tertiary/aromatic N) is 4. The van der Waals surface area contributed by atoms with Crippen molar-refractivity contribution in [1.82, 2.24) is 19.6 Å². The quantitative estimate of drug-likeness (QED) is 0.168. The van der Waals surface area contributed by atoms with E-state index in [1.54, 1.807) is 47.9 Å². The second-order valence-corrected chi connectivity index (χ2v) is 12.3. The van der Waals surface area contributed by atoms with Crippen LogP contribution in [0.3, 0.4) is 0 Å². The normalized spacial score (nSPS) is 18.6. The molecular weight excluding hydrogens is 718 g/mol. The molecule has 2 heterocycles. The highest BCUT2D eigenvalue weighted by atomic mass is 35.5. The Morgan fingerprint density at radius 3 is 1.19 bits per heavy atom. The number of benzene rings is 2. The van der Waals surface area contributed by atoms with Gasteiger partial charge in [-0.1, -0.05) is 46.4 Å². The Hall–Kier alpha value is -3.66. The van der Waals surface area contributed by atoms with Gasteiger partial charge >= 0.3 is 11.9 Å². The molecule has 2 aliphatic heterocycles. The van der Waals surface area contributed by atoms with Gasteiger partial charge in [0.1, 0.15) is 11.5 Å². The van der Waals surface area contributed by atoms with Gasteiger partial charge in [0, 0.05) is 22.1 Å². The van der Waals surface area contributed by atoms with Crippen LogP contribution in [-0.2, 0) is 38.2 Å². The number of esters is 2. The maximum absolute atomic E-state index is 12.9. The van der Waals surface area contributed by atoms with E-state index in [2.05, 4.69) is 0 Å². The highest BCUT2D eigenvalue weighted by Crippen LogP contribution is 2.21. The average molecular weight is 748 g/mol. The number of piperazine rings is 2. The number of imide groups is 2. The number of carbonyl (C=O) groups is 6. The topological polar surface area (TPSA) is 152 Å². The summed E-state index contributed by atoms with van der Waals surface area (Å²) in [6.07, 6.45) is 0. The first-order valence-electron chi connectivity index (χ1n) is 14.3. The molecule has 2 saturated heterocycles. The summed E-state index contributed by atoms with van der Waals surface area (Å²) >= 11 is 23.5. The van der Waals surface area contributed by atoms with Gasteiger partial charge in [-0.2, -0.15) is 0 Å². The molecular formula is C30H30Cl4N4O10. The molecule has 0 N–H and O–H groups in total. The summed E-state index contributed by atoms with van der Waals surface area (Å²) in [7, 11) is 0. The van der Waals surface area contributed by atoms with E-state index < -0.39 is 72.2 Å². The molecule has 2 aliphatic rings. The Morgan fingerprint density at radius 2 is 0.896 bits per heavy atom. The van der Waals surface area contributed by atoms with E-state index in [1.807, 2.05) is 0 Å². The molecule has 2 fully saturated rings. The fourth-order valence-corrected chi connectivity index (χ4v) is 5.23. The highest BCUT2D eigenvalue weighted by Gasteiger charge is 2.40. The summed E-state index contributed by atoms with van der Waals surface area (Å²) in [5, 5.41) is 0.916. The van der Waals surface area contributed by atoms with Gasteiger partial charge in [-0.15, -0.1) is 0 Å². The first kappa shape index (κ1) is 37.2. The molecule has 258 valence electrons. The van der Waals surface area contributed by atoms with Gasteiger partial charge < -0.3 is 18.9 Å². The fourth-order valence-electron chi connectivity index (χ4n) is 4.65. The lowest BCUT2D eigenvalue weighted by Gasteiger charge is -2.43. The van der Waals surface area contributed by atoms with Crippen LogP contribution in [-0.4, -0.2) is 118 Å². The molecule has 0 aromatic heterocycles. The summed E-state index contributed by atoms with van der Waals surface area (Å²) < 4.78 is 20.6. The molecule has 4 amide bonds. The molecule has 0 saturated carbocycles. The molecule has 0 radical (unpaired) electrons. The number of amides is 4. The maximum atomic E-state index is 12.9. The van der Waals surface area contributed by atoms with Gasteiger partial charge in [-0.05, 0) is 62.4 Å². The minimum atomic E-state index is -1.54. The Morgan fingerprint density at radius 1 is 0.604 bits per heavy atom. The van der Waals surface area contributed by atoms with Crippen molar-refractivity contribution in [3.63, 3.8) is 0 Å². The van der Waals surface area contributed by atoms with Gasteiger partial charge in [0.25, 0.3) is 11.1 Å². The van der Waals surface area contributed by atoms with Crippen LogP contribution in [0.15, 0.2) is 48.5 Å². The molecule has 14 nitrogen and oxygen atoms in total. The number of alkyl halides is 2. The van der Waals surface area contributed by atoms with Crippen molar-refractivity contribution >= 4 is 82.0 Å². The summed E-state index contributed by atoms with van der Waals surface area (Å²) in [6, 6.07) is 11.2. The third-order valence-corrected chi connectivity index (χ3v) is 8.59. The Labute approximate surface area is 295 Å². The van der Waals surface area contributed by atoms with Crippen molar-refractivity contribution < 1.29 is 47.7 Å². The molecule has 0 spiro atoms. The van der Waals surface area contributed by atoms with Crippen LogP contribution in [0.25, 0.3) is 0 Å². The highest BCUT2D eigenvalue weighted by molar-refractivity contribution is 6.31. The van der Waals surface area contributed by atoms with Crippen LogP contribution in [0, 0.1) is 0 Å². The van der Waals surface area contributed by atoms with Gasteiger partial charge in [-0.25, -0.2) is 19.4 Å². The van der Waals surface area contributed by atoms with E-state index >= 15 is 0 Å². The van der Waals surface area contributed by atoms with Crippen molar-refractivity contribution in [1.29, 1.82) is 0 Å². The van der Waals surface area contributed by atoms with Gasteiger partial charge in [0.15, 0.2) is 13.5 Å². The molecule has 0 aliphatic carbocycles. The number of hydrogen-bond donors (Lipinski definition) is 0. The smallest absolute Gasteiger partial charge is 0.365 e. The minimum absolute atomic E-state index is 0.199. The van der Waals surface area contributed by atoms with Crippen molar-refractivity contribution in [2.75, 3.05) is 39.6 Å². The van der Waals surface area contributed by atoms with Crippen molar-refractivity contribution in [2.45, 2.75) is 37.1 Å². The van der Waals surface area contributed by atoms with E-state index in [-0.39, 0.29) is 37.7 Å². The number of carbonyl (C=O) groups excluding carboxylic acids is 6. The van der Waals surface area contributed by atoms with Crippen molar-refractivity contribution in [3.8, 4) is 11.5 Å². The summed E-state index contributed by atoms with van der Waals surface area (Å²) in [6.45, 7) is 1.38. The Bertz CT molecular complexity index is 1380. The van der Waals surface area contributed by atoms with Crippen LogP contribution in [0.4, 0.5) is 0 Å². The second-order valence-electron chi connectivity index (χ2n) is 10.7. The first-order valence-corrected chi connectivity index (χ1v) is 16.0. The van der Waals surface area contributed by atoms with E-state index in [4.69, 9.17) is 65.4 Å². The lowest BCUT2D eigenvalue weighted by atomic mass is 10.1. The lowest BCUT2D eigenvalue weighted by Crippen LogP contribution is -2.63. The van der Waals surface area contributed by atoms with Gasteiger partial charge in [-0.3, -0.25) is 29.0 Å². The van der Waals surface area contributed by atoms with E-state index in [1.165, 1.54) is 24.3 Å². The molecule has 4 atom stereocenters. The molecule has 48 heavy (non-hydrogen) atoms. The zero-order valence-electron chi connectivity index (χ0n) is 25.6. The zero-order chi connectivity index (χ0) is 35.1. The predicted octanol–water partition coefficient (Wildman–Crippen LogP) is 2.70. The molecule has 2 aromatic rings. The van der Waals surface area contributed by atoms with E-state index in [9.17, 15) is 28.8 Å². The average Bonchev–Trinajstić information content (AvgIpc) is 3.04. The van der Waals surface area contributed by atoms with Crippen LogP contribution in [0.1, 0.15) is 13.8 Å². The third-order valence-electron chi connectivity index (χ3n) is 7.56. The molecule has 4 unspecified atom stereocenters. The van der Waals surface area contributed by atoms with E-state index in [0.717, 1.165) is 9.80 Å². The van der Waals surface area contributed by atoms with Crippen molar-refractivity contribution in [3.05, 3.63) is 58.6 Å². The number of hydrogen-bond acceptors (Lipinski definition) is 12. The Balaban J connectivity index is 1.23. The lowest BCUT2D eigenvalue weighted by molar-refractivity contribution is -0.170. The fraction of sp³-hybridized carbons (Fsp3) is 0.400. The maximum Gasteiger partial charge on any atom is 0.365 e. The first-order chi connectivity index (χ1) is 22.7. The van der Waals surface area contributed by atoms with Crippen LogP contribution < -0.4 is 9.47 Å². The molecule has 2 aromatic carbocycles. The number of halogens is 4. The van der Waals surface area contributed by atoms with Gasteiger partial charge in [0.2, 0.25) is 23.6 Å². The van der Waals surface area contributed by atoms with E-state index in [0.29, 0.717) is 10.0 Å². The second kappa shape index (κ2) is 16.6. The standard InChI is InChI=1S/C30H30Cl4N4O10/c1-17(35-11-23(39)37(24(40)12-35)15-45-29(43)27(33)47-21-7-3-19(31)4-8-21)18(2)36-13-25(41)38(26(42)14-36)16-46-30(44)28(34)48-22-9-5-20(32)6-10-22/h3-10,17-18,27-28H,11-16H2,1-2H3. The minimum Gasteiger partial charge on any atom is -0.463 e. The van der Waals surface area contributed by atoms with Crippen LogP contribution in [0.5, 0.6) is 11.5 Å². The van der Waals surface area contributed by atoms with Crippen molar-refractivity contribution in [2.24, 2.45) is 0 Å². The van der Waals surface area contributed by atoms with Crippen LogP contribution in [0.2, 0.25) is 10.0 Å². The van der Waals surface area contributed by atoms with Crippen LogP contribution >= 0.6 is 46.4 Å². The summed E-state index contributed by atoms with van der Waals surface area (Å²) in [5.74, 6) is -4.00. The van der Waals surface area contributed by atoms with Gasteiger partial charge in [0.05, 0.1) is 26.2 Å². The SMILES string of the molecule is CC(C(C)N1CC(=O)N(COC(=O)C(Cl)Oc2ccc(Cl)cc2)C(=O)C1)N1CC(=O)N(COC(=O)C(Cl)Oc2ccc(Cl)cc2)C(=O)C1. The number of ether oxygens (including phenoxy) is 4. The molecule has 18 heteroatoms. The summed E-state index contributed by atoms with van der Waals surface area (Å²) in [5.41, 5.74) is -3.08. The predicted molar refractivity (Wildman–Crippen MR) is 171 cm³/mol. The molecule has 0 bridgehead atoms. The molecule has 4 rings (SSSR count). The Kier molecular flexibility index (Phi) is 12.9. The monoisotopic (exact) mass is 746 g/mol.